The minimum Gasteiger partial charge on any atom is -0.460 e. The average molecular weight is 266 g/mol. The average Bonchev–Trinajstić information content (AvgIpc) is 2.55. The number of cyclic esters (lactones) is 1. The van der Waals surface area contributed by atoms with E-state index in [0.29, 0.717) is 0 Å². The van der Waals surface area contributed by atoms with Gasteiger partial charge in [-0.05, 0) is 25.5 Å². The van der Waals surface area contributed by atoms with E-state index >= 15 is 0 Å². The molecule has 18 heavy (non-hydrogen) atoms. The number of sulfone groups is 1. The summed E-state index contributed by atoms with van der Waals surface area (Å²) >= 11 is 0. The van der Waals surface area contributed by atoms with Gasteiger partial charge in [0.2, 0.25) is 0 Å². The molecule has 1 heterocycles. The number of hydrogen-bond acceptors (Lipinski definition) is 4. The number of carbonyl (C=O) groups is 1. The quantitative estimate of drug-likeness (QED) is 0.603. The van der Waals surface area contributed by atoms with Gasteiger partial charge in [-0.3, -0.25) is 4.79 Å². The highest BCUT2D eigenvalue weighted by atomic mass is 32.2. The Balaban J connectivity index is 2.38. The van der Waals surface area contributed by atoms with Gasteiger partial charge in [0.1, 0.15) is 6.61 Å². The third-order valence-corrected chi connectivity index (χ3v) is 4.89. The second-order valence-electron chi connectivity index (χ2n) is 4.18. The van der Waals surface area contributed by atoms with Crippen LogP contribution in [0.5, 0.6) is 0 Å². The summed E-state index contributed by atoms with van der Waals surface area (Å²) in [6.07, 6.45) is 3.49. The molecule has 0 spiro atoms. The van der Waals surface area contributed by atoms with Crippen LogP contribution in [-0.4, -0.2) is 26.2 Å². The fourth-order valence-electron chi connectivity index (χ4n) is 1.75. The predicted octanol–water partition coefficient (Wildman–Crippen LogP) is 1.64. The molecule has 96 valence electrons. The summed E-state index contributed by atoms with van der Waals surface area (Å²) in [4.78, 5) is 11.8. The molecule has 0 saturated carbocycles. The number of ether oxygens (including phenoxy) is 1. The summed E-state index contributed by atoms with van der Waals surface area (Å²) in [7, 11) is -3.68. The van der Waals surface area contributed by atoms with Crippen molar-refractivity contribution in [3.63, 3.8) is 0 Å². The third kappa shape index (κ3) is 2.46. The van der Waals surface area contributed by atoms with Crippen molar-refractivity contribution in [1.82, 2.24) is 0 Å². The van der Waals surface area contributed by atoms with E-state index < -0.39 is 21.1 Å². The van der Waals surface area contributed by atoms with Gasteiger partial charge in [0.15, 0.2) is 15.1 Å². The normalized spacial score (nSPS) is 20.3. The molecular weight excluding hydrogens is 252 g/mol. The van der Waals surface area contributed by atoms with Crippen LogP contribution in [0.1, 0.15) is 12.0 Å². The van der Waals surface area contributed by atoms with Crippen molar-refractivity contribution >= 4 is 15.8 Å². The first-order chi connectivity index (χ1) is 8.51. The molecule has 0 amide bonds. The van der Waals surface area contributed by atoms with E-state index in [1.165, 1.54) is 12.1 Å². The van der Waals surface area contributed by atoms with E-state index in [9.17, 15) is 13.2 Å². The fourth-order valence-corrected chi connectivity index (χ4v) is 3.28. The zero-order valence-electron chi connectivity index (χ0n) is 10.00. The monoisotopic (exact) mass is 266 g/mol. The van der Waals surface area contributed by atoms with Crippen molar-refractivity contribution in [2.45, 2.75) is 23.5 Å². The fraction of sp³-hybridized carbons (Fsp3) is 0.308. The van der Waals surface area contributed by atoms with Gasteiger partial charge in [-0.1, -0.05) is 29.8 Å². The van der Waals surface area contributed by atoms with Gasteiger partial charge >= 0.3 is 5.97 Å². The molecule has 0 radical (unpaired) electrons. The van der Waals surface area contributed by atoms with E-state index in [1.807, 2.05) is 6.92 Å². The van der Waals surface area contributed by atoms with Gasteiger partial charge in [0.25, 0.3) is 0 Å². The van der Waals surface area contributed by atoms with Crippen LogP contribution >= 0.6 is 0 Å². The Labute approximate surface area is 106 Å². The lowest BCUT2D eigenvalue weighted by Gasteiger charge is -2.13. The van der Waals surface area contributed by atoms with Crippen LogP contribution in [0.4, 0.5) is 0 Å². The van der Waals surface area contributed by atoms with Gasteiger partial charge in [0, 0.05) is 0 Å². The van der Waals surface area contributed by atoms with Gasteiger partial charge in [0.05, 0.1) is 4.90 Å². The number of carbonyl (C=O) groups excluding carboxylic acids is 1. The maximum atomic E-state index is 12.3. The Kier molecular flexibility index (Phi) is 3.52. The molecule has 4 nitrogen and oxygen atoms in total. The summed E-state index contributed by atoms with van der Waals surface area (Å²) in [5.41, 5.74) is 0.970. The Morgan fingerprint density at radius 2 is 1.83 bits per heavy atom. The Bertz CT molecular complexity index is 570. The molecule has 0 N–H and O–H groups in total. The Morgan fingerprint density at radius 1 is 1.17 bits per heavy atom. The zero-order chi connectivity index (χ0) is 13.2. The number of rotatable bonds is 2. The SMILES string of the molecule is Cc1ccc(S(=O)(=O)C2CC=CCOC2=O)cc1. The first kappa shape index (κ1) is 12.8. The van der Waals surface area contributed by atoms with Gasteiger partial charge < -0.3 is 4.74 Å². The standard InChI is InChI=1S/C13H14O4S/c1-10-5-7-11(8-6-10)18(15,16)12-4-2-3-9-17-13(12)14/h2-3,5-8,12H,4,9H2,1H3. The molecule has 0 fully saturated rings. The van der Waals surface area contributed by atoms with Crippen LogP contribution in [0, 0.1) is 6.92 Å². The highest BCUT2D eigenvalue weighted by Crippen LogP contribution is 2.21. The lowest BCUT2D eigenvalue weighted by atomic mass is 10.2. The van der Waals surface area contributed by atoms with Crippen LogP contribution < -0.4 is 0 Å². The second kappa shape index (κ2) is 4.94. The number of benzene rings is 1. The Morgan fingerprint density at radius 3 is 2.50 bits per heavy atom. The molecule has 0 bridgehead atoms. The van der Waals surface area contributed by atoms with E-state index in [-0.39, 0.29) is 17.9 Å². The van der Waals surface area contributed by atoms with Gasteiger partial charge in [-0.2, -0.15) is 0 Å². The van der Waals surface area contributed by atoms with Crippen molar-refractivity contribution in [1.29, 1.82) is 0 Å². The van der Waals surface area contributed by atoms with E-state index in [2.05, 4.69) is 0 Å². The summed E-state index contributed by atoms with van der Waals surface area (Å²) in [6, 6.07) is 6.47. The molecule has 5 heteroatoms. The van der Waals surface area contributed by atoms with Crippen LogP contribution in [0.25, 0.3) is 0 Å². The zero-order valence-corrected chi connectivity index (χ0v) is 10.8. The molecule has 1 aliphatic heterocycles. The number of esters is 1. The molecule has 0 aliphatic carbocycles. The second-order valence-corrected chi connectivity index (χ2v) is 6.31. The topological polar surface area (TPSA) is 60.4 Å². The smallest absolute Gasteiger partial charge is 0.325 e. The third-order valence-electron chi connectivity index (χ3n) is 2.83. The first-order valence-electron chi connectivity index (χ1n) is 5.64. The lowest BCUT2D eigenvalue weighted by Crippen LogP contribution is -2.31. The minimum atomic E-state index is -3.68. The van der Waals surface area contributed by atoms with E-state index in [4.69, 9.17) is 4.74 Å². The summed E-state index contributed by atoms with van der Waals surface area (Å²) in [6.45, 7) is 2.01. The van der Waals surface area contributed by atoms with Gasteiger partial charge in [-0.15, -0.1) is 0 Å². The number of allylic oxidation sites excluding steroid dienone is 1. The molecule has 1 atom stereocenters. The molecule has 1 aromatic rings. The highest BCUT2D eigenvalue weighted by molar-refractivity contribution is 7.92. The van der Waals surface area contributed by atoms with Gasteiger partial charge in [-0.25, -0.2) is 8.42 Å². The predicted molar refractivity (Wildman–Crippen MR) is 66.9 cm³/mol. The summed E-state index contributed by atoms with van der Waals surface area (Å²) in [5, 5.41) is -1.14. The molecule has 1 aliphatic rings. The van der Waals surface area contributed by atoms with E-state index in [0.717, 1.165) is 5.56 Å². The van der Waals surface area contributed by atoms with Crippen LogP contribution in [-0.2, 0) is 19.4 Å². The van der Waals surface area contributed by atoms with Crippen molar-refractivity contribution in [3.8, 4) is 0 Å². The minimum absolute atomic E-state index is 0.138. The summed E-state index contributed by atoms with van der Waals surface area (Å²) < 4.78 is 29.5. The van der Waals surface area contributed by atoms with Crippen LogP contribution in [0.15, 0.2) is 41.3 Å². The first-order valence-corrected chi connectivity index (χ1v) is 7.18. The maximum Gasteiger partial charge on any atom is 0.325 e. The van der Waals surface area contributed by atoms with E-state index in [1.54, 1.807) is 24.3 Å². The van der Waals surface area contributed by atoms with Crippen molar-refractivity contribution in [2.75, 3.05) is 6.61 Å². The lowest BCUT2D eigenvalue weighted by molar-refractivity contribution is -0.141. The highest BCUT2D eigenvalue weighted by Gasteiger charge is 2.35. The molecule has 0 aromatic heterocycles. The maximum absolute atomic E-state index is 12.3. The molecule has 1 unspecified atom stereocenters. The molecule has 1 aromatic carbocycles. The van der Waals surface area contributed by atoms with Crippen LogP contribution in [0.3, 0.4) is 0 Å². The van der Waals surface area contributed by atoms with Crippen molar-refractivity contribution in [2.24, 2.45) is 0 Å². The Hall–Kier alpha value is -1.62. The largest absolute Gasteiger partial charge is 0.460 e. The van der Waals surface area contributed by atoms with Crippen molar-refractivity contribution < 1.29 is 17.9 Å². The molecule has 2 rings (SSSR count). The molecule has 0 saturated heterocycles. The van der Waals surface area contributed by atoms with Crippen LogP contribution in [0.2, 0.25) is 0 Å². The molecular formula is C13H14O4S. The van der Waals surface area contributed by atoms with Crippen molar-refractivity contribution in [3.05, 3.63) is 42.0 Å². The number of aryl methyl sites for hydroxylation is 1. The number of hydrogen-bond donors (Lipinski definition) is 0. The summed E-state index contributed by atoms with van der Waals surface area (Å²) in [5.74, 6) is -0.680.